The number of aromatic nitrogens is 2. The maximum Gasteiger partial charge on any atom is 0.246 e. The van der Waals surface area contributed by atoms with E-state index in [9.17, 15) is 4.79 Å². The number of rotatable bonds is 5. The molecule has 0 bridgehead atoms. The van der Waals surface area contributed by atoms with E-state index in [-0.39, 0.29) is 11.9 Å². The predicted octanol–water partition coefficient (Wildman–Crippen LogP) is 2.14. The monoisotopic (exact) mass is 233 g/mol. The van der Waals surface area contributed by atoms with Crippen LogP contribution in [0.15, 0.2) is 24.7 Å². The molecular weight excluding hydrogens is 214 g/mol. The van der Waals surface area contributed by atoms with Gasteiger partial charge in [0.1, 0.15) is 0 Å². The summed E-state index contributed by atoms with van der Waals surface area (Å²) in [7, 11) is 1.82. The van der Waals surface area contributed by atoms with Crippen molar-refractivity contribution in [2.24, 2.45) is 0 Å². The van der Waals surface area contributed by atoms with E-state index in [1.165, 1.54) is 6.08 Å². The van der Waals surface area contributed by atoms with Gasteiger partial charge in [-0.3, -0.25) is 14.8 Å². The van der Waals surface area contributed by atoms with Crippen LogP contribution in [0.4, 0.5) is 0 Å². The van der Waals surface area contributed by atoms with Crippen LogP contribution in [-0.2, 0) is 4.79 Å². The highest BCUT2D eigenvalue weighted by molar-refractivity contribution is 5.91. The first-order valence-corrected chi connectivity index (χ1v) is 5.86. The molecule has 0 spiro atoms. The smallest absolute Gasteiger partial charge is 0.246 e. The molecule has 0 aromatic carbocycles. The van der Waals surface area contributed by atoms with Crippen LogP contribution in [0.2, 0.25) is 0 Å². The molecule has 4 heteroatoms. The molecule has 1 atom stereocenters. The van der Waals surface area contributed by atoms with E-state index in [1.54, 1.807) is 29.6 Å². The van der Waals surface area contributed by atoms with Crippen LogP contribution in [0.1, 0.15) is 32.4 Å². The molecule has 1 aromatic heterocycles. The summed E-state index contributed by atoms with van der Waals surface area (Å²) < 4.78 is 0. The van der Waals surface area contributed by atoms with E-state index in [0.717, 1.165) is 12.8 Å². The number of nitrogens with zero attached hydrogens (tertiary/aromatic N) is 3. The average Bonchev–Trinajstić information content (AvgIpc) is 2.36. The van der Waals surface area contributed by atoms with E-state index in [2.05, 4.69) is 23.8 Å². The normalized spacial score (nSPS) is 12.6. The molecule has 1 amide bonds. The molecule has 0 aliphatic rings. The molecule has 0 fully saturated rings. The number of amides is 1. The van der Waals surface area contributed by atoms with Crippen LogP contribution in [0.3, 0.4) is 0 Å². The van der Waals surface area contributed by atoms with E-state index in [1.807, 2.05) is 7.05 Å². The lowest BCUT2D eigenvalue weighted by atomic mass is 10.2. The van der Waals surface area contributed by atoms with Gasteiger partial charge in [-0.2, -0.15) is 0 Å². The molecular formula is C13H19N3O. The van der Waals surface area contributed by atoms with Crippen molar-refractivity contribution in [2.45, 2.75) is 32.7 Å². The highest BCUT2D eigenvalue weighted by Crippen LogP contribution is 2.05. The van der Waals surface area contributed by atoms with Crippen molar-refractivity contribution in [3.8, 4) is 0 Å². The molecule has 0 aliphatic heterocycles. The lowest BCUT2D eigenvalue weighted by molar-refractivity contribution is -0.126. The zero-order valence-electron chi connectivity index (χ0n) is 10.6. The van der Waals surface area contributed by atoms with E-state index in [4.69, 9.17) is 0 Å². The van der Waals surface area contributed by atoms with Gasteiger partial charge in [-0.05, 0) is 19.4 Å². The Morgan fingerprint density at radius 2 is 2.29 bits per heavy atom. The van der Waals surface area contributed by atoms with Crippen molar-refractivity contribution >= 4 is 12.0 Å². The summed E-state index contributed by atoms with van der Waals surface area (Å²) in [4.78, 5) is 21.6. The molecule has 0 aliphatic carbocycles. The molecule has 4 nitrogen and oxygen atoms in total. The lowest BCUT2D eigenvalue weighted by Crippen LogP contribution is -2.33. The number of carbonyl (C=O) groups excluding carboxylic acids is 1. The number of hydrogen-bond acceptors (Lipinski definition) is 3. The molecule has 92 valence electrons. The van der Waals surface area contributed by atoms with E-state index < -0.39 is 0 Å². The quantitative estimate of drug-likeness (QED) is 0.732. The minimum Gasteiger partial charge on any atom is -0.340 e. The Labute approximate surface area is 102 Å². The molecule has 1 heterocycles. The fourth-order valence-electron chi connectivity index (χ4n) is 1.50. The molecule has 1 aromatic rings. The molecule has 0 saturated carbocycles. The molecule has 1 unspecified atom stereocenters. The van der Waals surface area contributed by atoms with Crippen molar-refractivity contribution in [3.63, 3.8) is 0 Å². The Kier molecular flexibility index (Phi) is 5.33. The van der Waals surface area contributed by atoms with Gasteiger partial charge in [-0.15, -0.1) is 0 Å². The molecule has 0 saturated heterocycles. The third-order valence-corrected chi connectivity index (χ3v) is 2.70. The second kappa shape index (κ2) is 6.78. The molecule has 0 radical (unpaired) electrons. The highest BCUT2D eigenvalue weighted by atomic mass is 16.2. The molecule has 17 heavy (non-hydrogen) atoms. The van der Waals surface area contributed by atoms with Crippen molar-refractivity contribution in [2.75, 3.05) is 7.05 Å². The van der Waals surface area contributed by atoms with E-state index in [0.29, 0.717) is 5.69 Å². The molecule has 1 rings (SSSR count). The van der Waals surface area contributed by atoms with Gasteiger partial charge in [-0.25, -0.2) is 0 Å². The summed E-state index contributed by atoms with van der Waals surface area (Å²) in [5.41, 5.74) is 0.692. The van der Waals surface area contributed by atoms with Gasteiger partial charge in [-0.1, -0.05) is 13.3 Å². The van der Waals surface area contributed by atoms with Gasteiger partial charge < -0.3 is 4.90 Å². The van der Waals surface area contributed by atoms with Gasteiger partial charge in [0.15, 0.2) is 0 Å². The van der Waals surface area contributed by atoms with Crippen LogP contribution in [-0.4, -0.2) is 33.9 Å². The Balaban J connectivity index is 2.57. The Hall–Kier alpha value is -1.71. The first-order chi connectivity index (χ1) is 8.15. The fourth-order valence-corrected chi connectivity index (χ4v) is 1.50. The molecule has 0 N–H and O–H groups in total. The summed E-state index contributed by atoms with van der Waals surface area (Å²) in [5.74, 6) is -0.00315. The minimum absolute atomic E-state index is 0.00315. The van der Waals surface area contributed by atoms with Crippen molar-refractivity contribution < 1.29 is 4.79 Å². The Bertz CT molecular complexity index is 376. The topological polar surface area (TPSA) is 46.1 Å². The van der Waals surface area contributed by atoms with Crippen LogP contribution >= 0.6 is 0 Å². The third-order valence-electron chi connectivity index (χ3n) is 2.70. The van der Waals surface area contributed by atoms with Crippen molar-refractivity contribution in [1.82, 2.24) is 14.9 Å². The minimum atomic E-state index is -0.00315. The van der Waals surface area contributed by atoms with Gasteiger partial charge >= 0.3 is 0 Å². The summed E-state index contributed by atoms with van der Waals surface area (Å²) >= 11 is 0. The van der Waals surface area contributed by atoms with Crippen LogP contribution in [0.5, 0.6) is 0 Å². The fraction of sp³-hybridized carbons (Fsp3) is 0.462. The maximum atomic E-state index is 11.8. The third kappa shape index (κ3) is 4.34. The largest absolute Gasteiger partial charge is 0.340 e. The van der Waals surface area contributed by atoms with Crippen LogP contribution in [0, 0.1) is 0 Å². The zero-order chi connectivity index (χ0) is 12.7. The number of hydrogen-bond donors (Lipinski definition) is 0. The lowest BCUT2D eigenvalue weighted by Gasteiger charge is -2.23. The Morgan fingerprint density at radius 1 is 1.53 bits per heavy atom. The van der Waals surface area contributed by atoms with Gasteiger partial charge in [0, 0.05) is 31.6 Å². The zero-order valence-corrected chi connectivity index (χ0v) is 10.6. The summed E-state index contributed by atoms with van der Waals surface area (Å²) in [6, 6.07) is 0.263. The number of likely N-dealkylation sites (N-methyl/N-ethyl adjacent to an activating group) is 1. The van der Waals surface area contributed by atoms with Gasteiger partial charge in [0.05, 0.1) is 11.9 Å². The van der Waals surface area contributed by atoms with Gasteiger partial charge in [0.2, 0.25) is 5.91 Å². The summed E-state index contributed by atoms with van der Waals surface area (Å²) in [5, 5.41) is 0. The first-order valence-electron chi connectivity index (χ1n) is 5.86. The first kappa shape index (κ1) is 13.4. The van der Waals surface area contributed by atoms with Gasteiger partial charge in [0.25, 0.3) is 0 Å². The average molecular weight is 233 g/mol. The second-order valence-electron chi connectivity index (χ2n) is 4.05. The predicted molar refractivity (Wildman–Crippen MR) is 68.2 cm³/mol. The SMILES string of the molecule is CCCC(C)N(C)C(=O)C=Cc1cnccn1. The van der Waals surface area contributed by atoms with E-state index >= 15 is 0 Å². The van der Waals surface area contributed by atoms with Crippen molar-refractivity contribution in [3.05, 3.63) is 30.4 Å². The highest BCUT2D eigenvalue weighted by Gasteiger charge is 2.11. The number of carbonyl (C=O) groups is 1. The van der Waals surface area contributed by atoms with Crippen molar-refractivity contribution in [1.29, 1.82) is 0 Å². The Morgan fingerprint density at radius 3 is 2.88 bits per heavy atom. The van der Waals surface area contributed by atoms with Crippen LogP contribution < -0.4 is 0 Å². The summed E-state index contributed by atoms with van der Waals surface area (Å²) in [6.07, 6.45) is 10.1. The summed E-state index contributed by atoms with van der Waals surface area (Å²) in [6.45, 7) is 4.17. The maximum absolute atomic E-state index is 11.8. The standard InChI is InChI=1S/C13H19N3O/c1-4-5-11(2)16(3)13(17)7-6-12-10-14-8-9-15-12/h6-11H,4-5H2,1-3H3. The van der Waals surface area contributed by atoms with Crippen LogP contribution in [0.25, 0.3) is 6.08 Å². The second-order valence-corrected chi connectivity index (χ2v) is 4.05.